The van der Waals surface area contributed by atoms with Gasteiger partial charge in [0.2, 0.25) is 0 Å². The quantitative estimate of drug-likeness (QED) is 0.804. The van der Waals surface area contributed by atoms with E-state index in [2.05, 4.69) is 10.3 Å². The SMILES string of the molecule is COc1cccc(-c2c(C(=O)NC(C)C)nc3sccn23)c1. The number of thiazole rings is 1. The highest BCUT2D eigenvalue weighted by molar-refractivity contribution is 7.15. The summed E-state index contributed by atoms with van der Waals surface area (Å²) in [6, 6.07) is 7.71. The second-order valence-corrected chi connectivity index (χ2v) is 6.10. The molecule has 0 spiro atoms. The number of methoxy groups -OCH3 is 1. The van der Waals surface area contributed by atoms with Crippen LogP contribution in [0.2, 0.25) is 0 Å². The van der Waals surface area contributed by atoms with Crippen molar-refractivity contribution < 1.29 is 9.53 Å². The molecule has 0 atom stereocenters. The zero-order valence-corrected chi connectivity index (χ0v) is 13.5. The molecule has 22 heavy (non-hydrogen) atoms. The van der Waals surface area contributed by atoms with Crippen molar-refractivity contribution in [2.24, 2.45) is 0 Å². The minimum absolute atomic E-state index is 0.0606. The lowest BCUT2D eigenvalue weighted by molar-refractivity contribution is 0.0939. The minimum Gasteiger partial charge on any atom is -0.497 e. The van der Waals surface area contributed by atoms with Gasteiger partial charge in [-0.2, -0.15) is 0 Å². The summed E-state index contributed by atoms with van der Waals surface area (Å²) < 4.78 is 7.22. The van der Waals surface area contributed by atoms with Gasteiger partial charge in [0.15, 0.2) is 10.7 Å². The molecule has 5 nitrogen and oxygen atoms in total. The number of carbonyl (C=O) groups excluding carboxylic acids is 1. The van der Waals surface area contributed by atoms with Crippen LogP contribution in [0.4, 0.5) is 0 Å². The fraction of sp³-hybridized carbons (Fsp3) is 0.250. The first-order valence-corrected chi connectivity index (χ1v) is 7.89. The number of amides is 1. The monoisotopic (exact) mass is 315 g/mol. The van der Waals surface area contributed by atoms with E-state index in [1.54, 1.807) is 7.11 Å². The van der Waals surface area contributed by atoms with Gasteiger partial charge >= 0.3 is 0 Å². The van der Waals surface area contributed by atoms with E-state index in [1.807, 2.05) is 54.1 Å². The summed E-state index contributed by atoms with van der Waals surface area (Å²) in [7, 11) is 1.63. The van der Waals surface area contributed by atoms with Gasteiger partial charge in [-0.1, -0.05) is 12.1 Å². The fourth-order valence-electron chi connectivity index (χ4n) is 2.32. The van der Waals surface area contributed by atoms with E-state index in [0.717, 1.165) is 22.0 Å². The van der Waals surface area contributed by atoms with E-state index in [-0.39, 0.29) is 11.9 Å². The number of imidazole rings is 1. The molecule has 0 bridgehead atoms. The molecule has 0 radical (unpaired) electrons. The van der Waals surface area contributed by atoms with E-state index in [1.165, 1.54) is 11.3 Å². The number of nitrogens with zero attached hydrogens (tertiary/aromatic N) is 2. The van der Waals surface area contributed by atoms with Crippen molar-refractivity contribution in [2.45, 2.75) is 19.9 Å². The van der Waals surface area contributed by atoms with E-state index >= 15 is 0 Å². The summed E-state index contributed by atoms with van der Waals surface area (Å²) in [6.45, 7) is 3.86. The number of hydrogen-bond acceptors (Lipinski definition) is 4. The second kappa shape index (κ2) is 5.81. The lowest BCUT2D eigenvalue weighted by atomic mass is 10.1. The second-order valence-electron chi connectivity index (χ2n) is 5.22. The molecule has 0 unspecified atom stereocenters. The summed E-state index contributed by atoms with van der Waals surface area (Å²) in [5.74, 6) is 0.585. The van der Waals surface area contributed by atoms with Gasteiger partial charge in [0.1, 0.15) is 5.75 Å². The zero-order chi connectivity index (χ0) is 15.7. The molecule has 2 heterocycles. The van der Waals surface area contributed by atoms with Gasteiger partial charge in [0, 0.05) is 23.2 Å². The van der Waals surface area contributed by atoms with Crippen molar-refractivity contribution in [1.82, 2.24) is 14.7 Å². The molecule has 3 rings (SSSR count). The van der Waals surface area contributed by atoms with Crippen molar-refractivity contribution in [3.8, 4) is 17.0 Å². The molecule has 114 valence electrons. The van der Waals surface area contributed by atoms with Crippen LogP contribution in [0.15, 0.2) is 35.8 Å². The number of ether oxygens (including phenoxy) is 1. The third kappa shape index (κ3) is 2.57. The molecule has 0 aliphatic carbocycles. The summed E-state index contributed by atoms with van der Waals surface area (Å²) in [4.78, 5) is 17.7. The smallest absolute Gasteiger partial charge is 0.272 e. The summed E-state index contributed by atoms with van der Waals surface area (Å²) in [5.41, 5.74) is 2.13. The van der Waals surface area contributed by atoms with E-state index in [4.69, 9.17) is 4.74 Å². The Morgan fingerprint density at radius 2 is 2.23 bits per heavy atom. The Bertz CT molecular complexity index is 820. The summed E-state index contributed by atoms with van der Waals surface area (Å²) >= 11 is 1.50. The molecular formula is C16H17N3O2S. The van der Waals surface area contributed by atoms with Gasteiger partial charge in [-0.05, 0) is 26.0 Å². The molecule has 3 aromatic rings. The Kier molecular flexibility index (Phi) is 3.85. The Labute approximate surface area is 132 Å². The average Bonchev–Trinajstić information content (AvgIpc) is 3.06. The van der Waals surface area contributed by atoms with E-state index < -0.39 is 0 Å². The molecule has 2 aromatic heterocycles. The highest BCUT2D eigenvalue weighted by Gasteiger charge is 2.21. The Morgan fingerprint density at radius 1 is 1.41 bits per heavy atom. The minimum atomic E-state index is -0.163. The van der Waals surface area contributed by atoms with Gasteiger partial charge in [-0.3, -0.25) is 9.20 Å². The molecule has 0 saturated heterocycles. The molecule has 0 fully saturated rings. The van der Waals surface area contributed by atoms with Crippen LogP contribution in [-0.4, -0.2) is 28.4 Å². The number of aromatic nitrogens is 2. The van der Waals surface area contributed by atoms with Crippen LogP contribution in [0.3, 0.4) is 0 Å². The number of fused-ring (bicyclic) bond motifs is 1. The van der Waals surface area contributed by atoms with Crippen molar-refractivity contribution in [1.29, 1.82) is 0 Å². The predicted octanol–water partition coefficient (Wildman–Crippen LogP) is 3.21. The van der Waals surface area contributed by atoms with Crippen molar-refractivity contribution in [3.63, 3.8) is 0 Å². The summed E-state index contributed by atoms with van der Waals surface area (Å²) in [5, 5.41) is 4.86. The predicted molar refractivity (Wildman–Crippen MR) is 87.7 cm³/mol. The van der Waals surface area contributed by atoms with Gasteiger partial charge in [-0.25, -0.2) is 4.98 Å². The van der Waals surface area contributed by atoms with Gasteiger partial charge in [0.05, 0.1) is 12.8 Å². The van der Waals surface area contributed by atoms with Crippen molar-refractivity contribution >= 4 is 22.2 Å². The number of hydrogen-bond donors (Lipinski definition) is 1. The molecule has 0 aliphatic rings. The Hall–Kier alpha value is -2.34. The molecule has 1 N–H and O–H groups in total. The van der Waals surface area contributed by atoms with Crippen LogP contribution in [-0.2, 0) is 0 Å². The van der Waals surface area contributed by atoms with Crippen LogP contribution in [0.25, 0.3) is 16.2 Å². The highest BCUT2D eigenvalue weighted by atomic mass is 32.1. The van der Waals surface area contributed by atoms with Crippen LogP contribution < -0.4 is 10.1 Å². The van der Waals surface area contributed by atoms with E-state index in [0.29, 0.717) is 5.69 Å². The molecular weight excluding hydrogens is 298 g/mol. The van der Waals surface area contributed by atoms with Crippen molar-refractivity contribution in [3.05, 3.63) is 41.5 Å². The van der Waals surface area contributed by atoms with Gasteiger partial charge in [0.25, 0.3) is 5.91 Å². The average molecular weight is 315 g/mol. The van der Waals surface area contributed by atoms with Crippen LogP contribution >= 0.6 is 11.3 Å². The lowest BCUT2D eigenvalue weighted by Crippen LogP contribution is -2.30. The molecule has 6 heteroatoms. The van der Waals surface area contributed by atoms with Crippen LogP contribution in [0, 0.1) is 0 Å². The largest absolute Gasteiger partial charge is 0.497 e. The standard InChI is InChI=1S/C16H17N3O2S/c1-10(2)17-15(20)13-14(19-7-8-22-16(19)18-13)11-5-4-6-12(9-11)21-3/h4-10H,1-3H3,(H,17,20). The number of benzene rings is 1. The molecule has 1 aromatic carbocycles. The maximum absolute atomic E-state index is 12.5. The Balaban J connectivity index is 2.17. The normalized spacial score (nSPS) is 11.1. The first kappa shape index (κ1) is 14.6. The number of rotatable bonds is 4. The maximum atomic E-state index is 12.5. The topological polar surface area (TPSA) is 55.6 Å². The highest BCUT2D eigenvalue weighted by Crippen LogP contribution is 2.29. The van der Waals surface area contributed by atoms with E-state index in [9.17, 15) is 4.79 Å². The first-order valence-electron chi connectivity index (χ1n) is 7.01. The van der Waals surface area contributed by atoms with Crippen molar-refractivity contribution in [2.75, 3.05) is 7.11 Å². The lowest BCUT2D eigenvalue weighted by Gasteiger charge is -2.09. The molecule has 1 amide bonds. The number of nitrogens with one attached hydrogen (secondary N) is 1. The third-order valence-electron chi connectivity index (χ3n) is 3.24. The molecule has 0 aliphatic heterocycles. The third-order valence-corrected chi connectivity index (χ3v) is 4.00. The zero-order valence-electron chi connectivity index (χ0n) is 12.7. The first-order chi connectivity index (χ1) is 10.6. The maximum Gasteiger partial charge on any atom is 0.272 e. The van der Waals surface area contributed by atoms with Crippen LogP contribution in [0.5, 0.6) is 5.75 Å². The van der Waals surface area contributed by atoms with Gasteiger partial charge < -0.3 is 10.1 Å². The molecule has 0 saturated carbocycles. The Morgan fingerprint density at radius 3 is 2.95 bits per heavy atom. The van der Waals surface area contributed by atoms with Gasteiger partial charge in [-0.15, -0.1) is 11.3 Å². The summed E-state index contributed by atoms with van der Waals surface area (Å²) in [6.07, 6.45) is 1.92. The fourth-order valence-corrected chi connectivity index (χ4v) is 3.03. The van der Waals surface area contributed by atoms with Crippen LogP contribution in [0.1, 0.15) is 24.3 Å². The number of carbonyl (C=O) groups is 1.